The number of hydrogen-bond donors (Lipinski definition) is 1. The fraction of sp³-hybridized carbons (Fsp3) is 1.00. The molecular formula is C9H17F3N2. The number of halogens is 3. The first kappa shape index (κ1) is 11.8. The van der Waals surface area contributed by atoms with E-state index in [9.17, 15) is 13.2 Å². The first-order chi connectivity index (χ1) is 6.51. The van der Waals surface area contributed by atoms with Gasteiger partial charge in [0.05, 0.1) is 6.54 Å². The van der Waals surface area contributed by atoms with Gasteiger partial charge in [-0.3, -0.25) is 4.90 Å². The highest BCUT2D eigenvalue weighted by molar-refractivity contribution is 4.74. The van der Waals surface area contributed by atoms with E-state index in [2.05, 4.69) is 0 Å². The molecule has 0 radical (unpaired) electrons. The van der Waals surface area contributed by atoms with Crippen molar-refractivity contribution in [1.82, 2.24) is 4.90 Å². The molecule has 0 spiro atoms. The molecule has 2 nitrogen and oxygen atoms in total. The normalized spacial score (nSPS) is 25.3. The number of nitrogens with two attached hydrogens (primary N) is 1. The van der Waals surface area contributed by atoms with Crippen LogP contribution in [0.3, 0.4) is 0 Å². The number of alkyl halides is 3. The number of nitrogens with zero attached hydrogens (tertiary/aromatic N) is 1. The van der Waals surface area contributed by atoms with E-state index in [-0.39, 0.29) is 0 Å². The summed E-state index contributed by atoms with van der Waals surface area (Å²) in [5, 5.41) is 0. The smallest absolute Gasteiger partial charge is 0.330 e. The molecule has 1 atom stereocenters. The van der Waals surface area contributed by atoms with Crippen LogP contribution in [0.15, 0.2) is 0 Å². The van der Waals surface area contributed by atoms with Gasteiger partial charge in [-0.15, -0.1) is 0 Å². The van der Waals surface area contributed by atoms with E-state index in [1.165, 1.54) is 4.90 Å². The molecule has 0 aromatic heterocycles. The Bertz CT molecular complexity index is 168. The summed E-state index contributed by atoms with van der Waals surface area (Å²) in [6.07, 6.45) is -1.34. The quantitative estimate of drug-likeness (QED) is 0.766. The van der Waals surface area contributed by atoms with Crippen molar-refractivity contribution in [2.45, 2.75) is 25.4 Å². The lowest BCUT2D eigenvalue weighted by atomic mass is 9.95. The van der Waals surface area contributed by atoms with Crippen molar-refractivity contribution >= 4 is 0 Å². The standard InChI is InChI=1S/C9H17F3N2/c10-9(11,12)7-14-5-1-2-8(6-14)3-4-13/h8H,1-7,13H2. The first-order valence-corrected chi connectivity index (χ1v) is 5.00. The summed E-state index contributed by atoms with van der Waals surface area (Å²) >= 11 is 0. The molecule has 0 saturated carbocycles. The van der Waals surface area contributed by atoms with Crippen molar-refractivity contribution in [2.24, 2.45) is 11.7 Å². The molecule has 1 aliphatic rings. The van der Waals surface area contributed by atoms with Gasteiger partial charge in [0, 0.05) is 6.54 Å². The Labute approximate surface area is 82.2 Å². The summed E-state index contributed by atoms with van der Waals surface area (Å²) in [4.78, 5) is 1.49. The van der Waals surface area contributed by atoms with Gasteiger partial charge in [-0.25, -0.2) is 0 Å². The average Bonchev–Trinajstić information content (AvgIpc) is 2.02. The minimum Gasteiger partial charge on any atom is -0.330 e. The monoisotopic (exact) mass is 210 g/mol. The Balaban J connectivity index is 2.32. The molecule has 1 fully saturated rings. The molecule has 0 aromatic rings. The van der Waals surface area contributed by atoms with E-state index >= 15 is 0 Å². The van der Waals surface area contributed by atoms with E-state index in [0.717, 1.165) is 19.3 Å². The summed E-state index contributed by atoms with van der Waals surface area (Å²) in [6, 6.07) is 0. The van der Waals surface area contributed by atoms with Gasteiger partial charge in [0.2, 0.25) is 0 Å². The predicted octanol–water partition coefficient (Wildman–Crippen LogP) is 1.61. The molecular weight excluding hydrogens is 193 g/mol. The number of piperidine rings is 1. The molecule has 0 aromatic carbocycles. The maximum absolute atomic E-state index is 12.1. The number of rotatable bonds is 3. The summed E-state index contributed by atoms with van der Waals surface area (Å²) in [5.74, 6) is 0.357. The van der Waals surface area contributed by atoms with Gasteiger partial charge < -0.3 is 5.73 Å². The first-order valence-electron chi connectivity index (χ1n) is 5.00. The van der Waals surface area contributed by atoms with E-state index in [0.29, 0.717) is 25.6 Å². The summed E-state index contributed by atoms with van der Waals surface area (Å²) in [6.45, 7) is 0.926. The summed E-state index contributed by atoms with van der Waals surface area (Å²) in [5.41, 5.74) is 5.39. The lowest BCUT2D eigenvalue weighted by Gasteiger charge is -2.32. The summed E-state index contributed by atoms with van der Waals surface area (Å²) in [7, 11) is 0. The van der Waals surface area contributed by atoms with E-state index in [1.807, 2.05) is 0 Å². The van der Waals surface area contributed by atoms with E-state index < -0.39 is 12.7 Å². The molecule has 1 rings (SSSR count). The minimum absolute atomic E-state index is 0.357. The molecule has 1 aliphatic heterocycles. The minimum atomic E-state index is -4.06. The maximum atomic E-state index is 12.1. The Hall–Kier alpha value is -0.290. The van der Waals surface area contributed by atoms with Gasteiger partial charge in [0.1, 0.15) is 0 Å². The molecule has 84 valence electrons. The van der Waals surface area contributed by atoms with Gasteiger partial charge in [-0.2, -0.15) is 13.2 Å². The molecule has 0 amide bonds. The highest BCUT2D eigenvalue weighted by atomic mass is 19.4. The highest BCUT2D eigenvalue weighted by Crippen LogP contribution is 2.23. The lowest BCUT2D eigenvalue weighted by molar-refractivity contribution is -0.149. The average molecular weight is 210 g/mol. The number of likely N-dealkylation sites (tertiary alicyclic amines) is 1. The van der Waals surface area contributed by atoms with Gasteiger partial charge in [0.15, 0.2) is 0 Å². The fourth-order valence-electron chi connectivity index (χ4n) is 2.02. The van der Waals surface area contributed by atoms with Gasteiger partial charge in [0.25, 0.3) is 0 Å². The predicted molar refractivity (Wildman–Crippen MR) is 48.9 cm³/mol. The highest BCUT2D eigenvalue weighted by Gasteiger charge is 2.32. The van der Waals surface area contributed by atoms with Crippen LogP contribution in [0.2, 0.25) is 0 Å². The third kappa shape index (κ3) is 4.28. The second-order valence-electron chi connectivity index (χ2n) is 3.94. The molecule has 0 bridgehead atoms. The molecule has 14 heavy (non-hydrogen) atoms. The number of hydrogen-bond acceptors (Lipinski definition) is 2. The van der Waals surface area contributed by atoms with Gasteiger partial charge in [-0.1, -0.05) is 0 Å². The Morgan fingerprint density at radius 3 is 2.64 bits per heavy atom. The fourth-order valence-corrected chi connectivity index (χ4v) is 2.02. The van der Waals surface area contributed by atoms with Gasteiger partial charge in [-0.05, 0) is 38.3 Å². The zero-order valence-corrected chi connectivity index (χ0v) is 8.19. The van der Waals surface area contributed by atoms with E-state index in [4.69, 9.17) is 5.73 Å². The third-order valence-electron chi connectivity index (χ3n) is 2.58. The van der Waals surface area contributed by atoms with Crippen LogP contribution < -0.4 is 5.73 Å². The topological polar surface area (TPSA) is 29.3 Å². The van der Waals surface area contributed by atoms with Crippen LogP contribution in [-0.2, 0) is 0 Å². The van der Waals surface area contributed by atoms with Crippen LogP contribution in [-0.4, -0.2) is 37.3 Å². The second-order valence-corrected chi connectivity index (χ2v) is 3.94. The van der Waals surface area contributed by atoms with Crippen molar-refractivity contribution in [1.29, 1.82) is 0 Å². The van der Waals surface area contributed by atoms with Crippen LogP contribution in [0.25, 0.3) is 0 Å². The van der Waals surface area contributed by atoms with Crippen LogP contribution in [0, 0.1) is 5.92 Å². The molecule has 1 saturated heterocycles. The van der Waals surface area contributed by atoms with E-state index in [1.54, 1.807) is 0 Å². The largest absolute Gasteiger partial charge is 0.401 e. The van der Waals surface area contributed by atoms with Crippen LogP contribution in [0.4, 0.5) is 13.2 Å². The van der Waals surface area contributed by atoms with Crippen molar-refractivity contribution in [2.75, 3.05) is 26.2 Å². The maximum Gasteiger partial charge on any atom is 0.401 e. The zero-order chi connectivity index (χ0) is 10.6. The van der Waals surface area contributed by atoms with Crippen molar-refractivity contribution in [3.63, 3.8) is 0 Å². The summed E-state index contributed by atoms with van der Waals surface area (Å²) < 4.78 is 36.3. The molecule has 0 aliphatic carbocycles. The van der Waals surface area contributed by atoms with Crippen molar-refractivity contribution in [3.05, 3.63) is 0 Å². The molecule has 2 N–H and O–H groups in total. The van der Waals surface area contributed by atoms with Crippen LogP contribution in [0.5, 0.6) is 0 Å². The Morgan fingerprint density at radius 2 is 2.07 bits per heavy atom. The molecule has 1 heterocycles. The second kappa shape index (κ2) is 4.98. The Morgan fingerprint density at radius 1 is 1.36 bits per heavy atom. The SMILES string of the molecule is NCCC1CCCN(CC(F)(F)F)C1. The van der Waals surface area contributed by atoms with Crippen LogP contribution >= 0.6 is 0 Å². The van der Waals surface area contributed by atoms with Crippen LogP contribution in [0.1, 0.15) is 19.3 Å². The third-order valence-corrected chi connectivity index (χ3v) is 2.58. The van der Waals surface area contributed by atoms with Crippen molar-refractivity contribution in [3.8, 4) is 0 Å². The zero-order valence-electron chi connectivity index (χ0n) is 8.19. The van der Waals surface area contributed by atoms with Crippen molar-refractivity contribution < 1.29 is 13.2 Å². The Kier molecular flexibility index (Phi) is 4.19. The lowest BCUT2D eigenvalue weighted by Crippen LogP contribution is -2.41. The molecule has 5 heteroatoms. The van der Waals surface area contributed by atoms with Gasteiger partial charge >= 0.3 is 6.18 Å². The molecule has 1 unspecified atom stereocenters.